The molecule has 0 radical (unpaired) electrons. The average Bonchev–Trinajstić information content (AvgIpc) is 2.37. The minimum absolute atomic E-state index is 0.173. The Morgan fingerprint density at radius 2 is 1.53 bits per heavy atom. The number of hydrogen-bond donors (Lipinski definition) is 0. The number of fused-ring (bicyclic) bond motifs is 2. The second-order valence-corrected chi connectivity index (χ2v) is 4.15. The van der Waals surface area contributed by atoms with Crippen LogP contribution in [0.1, 0.15) is 0 Å². The van der Waals surface area contributed by atoms with Crippen molar-refractivity contribution in [3.63, 3.8) is 0 Å². The summed E-state index contributed by atoms with van der Waals surface area (Å²) in [5.41, 5.74) is 0. The molecule has 0 heterocycles. The molecule has 84 valence electrons. The van der Waals surface area contributed by atoms with E-state index in [1.165, 1.54) is 16.2 Å². The topological polar surface area (TPSA) is 9.23 Å². The molecule has 2 heteroatoms. The molecule has 17 heavy (non-hydrogen) atoms. The summed E-state index contributed by atoms with van der Waals surface area (Å²) in [4.78, 5) is 0. The quantitative estimate of drug-likeness (QED) is 0.473. The van der Waals surface area contributed by atoms with Crippen molar-refractivity contribution in [3.8, 4) is 5.75 Å². The van der Waals surface area contributed by atoms with Gasteiger partial charge in [-0.1, -0.05) is 48.0 Å². The molecule has 3 aromatic carbocycles. The maximum atomic E-state index is 5.63. The van der Waals surface area contributed by atoms with Crippen LogP contribution < -0.4 is 4.74 Å². The molecular weight excluding hydrogens is 232 g/mol. The summed E-state index contributed by atoms with van der Waals surface area (Å²) >= 11 is 5.63. The maximum absolute atomic E-state index is 5.63. The molecule has 0 saturated heterocycles. The zero-order chi connectivity index (χ0) is 11.7. The summed E-state index contributed by atoms with van der Waals surface area (Å²) in [6.45, 7) is 0. The van der Waals surface area contributed by atoms with Crippen LogP contribution in [0.15, 0.2) is 54.6 Å². The first-order valence-corrected chi connectivity index (χ1v) is 6.02. The van der Waals surface area contributed by atoms with Gasteiger partial charge in [-0.2, -0.15) is 0 Å². The highest BCUT2D eigenvalue weighted by atomic mass is 35.5. The van der Waals surface area contributed by atoms with Crippen LogP contribution in [0, 0.1) is 0 Å². The van der Waals surface area contributed by atoms with Gasteiger partial charge >= 0.3 is 0 Å². The summed E-state index contributed by atoms with van der Waals surface area (Å²) in [5.74, 6) is 0.836. The highest BCUT2D eigenvalue weighted by Gasteiger charge is 2.03. The zero-order valence-electron chi connectivity index (χ0n) is 9.19. The Bertz CT molecular complexity index is 676. The fraction of sp³-hybridized carbons (Fsp3) is 0.0667. The minimum Gasteiger partial charge on any atom is -0.477 e. The van der Waals surface area contributed by atoms with E-state index in [-0.39, 0.29) is 6.07 Å². The number of hydrogen-bond acceptors (Lipinski definition) is 1. The van der Waals surface area contributed by atoms with Gasteiger partial charge in [0.25, 0.3) is 0 Å². The molecule has 3 rings (SSSR count). The largest absolute Gasteiger partial charge is 0.477 e. The van der Waals surface area contributed by atoms with Crippen molar-refractivity contribution in [2.75, 3.05) is 6.07 Å². The van der Waals surface area contributed by atoms with Crippen molar-refractivity contribution in [2.45, 2.75) is 0 Å². The van der Waals surface area contributed by atoms with Crippen LogP contribution in [-0.2, 0) is 0 Å². The summed E-state index contributed by atoms with van der Waals surface area (Å²) in [6.07, 6.45) is 0. The highest BCUT2D eigenvalue weighted by molar-refractivity contribution is 6.17. The summed E-state index contributed by atoms with van der Waals surface area (Å²) in [7, 11) is 0. The van der Waals surface area contributed by atoms with E-state index in [1.807, 2.05) is 24.3 Å². The molecule has 0 aliphatic carbocycles. The van der Waals surface area contributed by atoms with Crippen LogP contribution >= 0.6 is 11.6 Å². The van der Waals surface area contributed by atoms with Crippen molar-refractivity contribution in [1.82, 2.24) is 0 Å². The van der Waals surface area contributed by atoms with Gasteiger partial charge in [0, 0.05) is 5.39 Å². The van der Waals surface area contributed by atoms with Crippen LogP contribution in [0.25, 0.3) is 21.5 Å². The monoisotopic (exact) mass is 242 g/mol. The van der Waals surface area contributed by atoms with E-state index in [0.29, 0.717) is 0 Å². The molecule has 0 aliphatic rings. The molecule has 0 saturated carbocycles. The first-order valence-electron chi connectivity index (χ1n) is 5.49. The number of halogens is 1. The smallest absolute Gasteiger partial charge is 0.162 e. The van der Waals surface area contributed by atoms with Gasteiger partial charge in [-0.3, -0.25) is 0 Å². The SMILES string of the molecule is ClCOc1cccc2cc3ccccc3cc12. The van der Waals surface area contributed by atoms with Crippen LogP contribution in [0.4, 0.5) is 0 Å². The highest BCUT2D eigenvalue weighted by Crippen LogP contribution is 2.29. The minimum atomic E-state index is 0.173. The normalized spacial score (nSPS) is 10.9. The van der Waals surface area contributed by atoms with Crippen molar-refractivity contribution >= 4 is 33.1 Å². The Kier molecular flexibility index (Phi) is 2.62. The second kappa shape index (κ2) is 4.27. The van der Waals surface area contributed by atoms with E-state index in [4.69, 9.17) is 16.3 Å². The molecule has 0 amide bonds. The van der Waals surface area contributed by atoms with E-state index in [1.54, 1.807) is 0 Å². The first kappa shape index (κ1) is 10.4. The van der Waals surface area contributed by atoms with E-state index in [0.717, 1.165) is 11.1 Å². The van der Waals surface area contributed by atoms with Crippen LogP contribution in [0.2, 0.25) is 0 Å². The Morgan fingerprint density at radius 3 is 2.29 bits per heavy atom. The molecule has 1 nitrogen and oxygen atoms in total. The lowest BCUT2D eigenvalue weighted by atomic mass is 10.0. The predicted molar refractivity (Wildman–Crippen MR) is 72.8 cm³/mol. The third-order valence-corrected chi connectivity index (χ3v) is 3.03. The molecular formula is C15H11ClO. The van der Waals surface area contributed by atoms with Gasteiger partial charge < -0.3 is 4.74 Å². The van der Waals surface area contributed by atoms with Crippen molar-refractivity contribution in [3.05, 3.63) is 54.6 Å². The third-order valence-electron chi connectivity index (χ3n) is 2.92. The number of alkyl halides is 1. The molecule has 0 N–H and O–H groups in total. The summed E-state index contributed by atoms with van der Waals surface area (Å²) in [6, 6.07) is 18.8. The Labute approximate surface area is 105 Å². The van der Waals surface area contributed by atoms with Crippen molar-refractivity contribution in [1.29, 1.82) is 0 Å². The molecule has 0 aliphatic heterocycles. The summed E-state index contributed by atoms with van der Waals surface area (Å²) in [5, 5.41) is 4.73. The first-order chi connectivity index (χ1) is 8.38. The van der Waals surface area contributed by atoms with Crippen molar-refractivity contribution < 1.29 is 4.74 Å². The standard InChI is InChI=1S/C15H11ClO/c16-10-17-15-7-3-6-13-8-11-4-1-2-5-12(11)9-14(13)15/h1-9H,10H2. The van der Waals surface area contributed by atoms with Crippen molar-refractivity contribution in [2.24, 2.45) is 0 Å². The van der Waals surface area contributed by atoms with E-state index < -0.39 is 0 Å². The number of ether oxygens (including phenoxy) is 1. The lowest BCUT2D eigenvalue weighted by Gasteiger charge is -2.08. The number of benzene rings is 3. The van der Waals surface area contributed by atoms with Gasteiger partial charge in [0.1, 0.15) is 5.75 Å². The lowest BCUT2D eigenvalue weighted by Crippen LogP contribution is -1.90. The zero-order valence-corrected chi connectivity index (χ0v) is 9.95. The predicted octanol–water partition coefficient (Wildman–Crippen LogP) is 4.57. The van der Waals surface area contributed by atoms with Crippen LogP contribution in [0.3, 0.4) is 0 Å². The Hall–Kier alpha value is -1.73. The maximum Gasteiger partial charge on any atom is 0.162 e. The van der Waals surface area contributed by atoms with Gasteiger partial charge in [0.15, 0.2) is 6.07 Å². The molecule has 0 spiro atoms. The van der Waals surface area contributed by atoms with Gasteiger partial charge in [-0.15, -0.1) is 0 Å². The molecule has 0 unspecified atom stereocenters. The van der Waals surface area contributed by atoms with E-state index in [2.05, 4.69) is 30.3 Å². The van der Waals surface area contributed by atoms with Gasteiger partial charge in [0.2, 0.25) is 0 Å². The van der Waals surface area contributed by atoms with Gasteiger partial charge in [-0.25, -0.2) is 0 Å². The van der Waals surface area contributed by atoms with Crippen LogP contribution in [0.5, 0.6) is 5.75 Å². The van der Waals surface area contributed by atoms with Gasteiger partial charge in [-0.05, 0) is 34.4 Å². The lowest BCUT2D eigenvalue weighted by molar-refractivity contribution is 0.393. The van der Waals surface area contributed by atoms with E-state index in [9.17, 15) is 0 Å². The van der Waals surface area contributed by atoms with Crippen LogP contribution in [-0.4, -0.2) is 6.07 Å². The average molecular weight is 243 g/mol. The fourth-order valence-corrected chi connectivity index (χ4v) is 2.24. The van der Waals surface area contributed by atoms with E-state index >= 15 is 0 Å². The Morgan fingerprint density at radius 1 is 0.824 bits per heavy atom. The number of rotatable bonds is 2. The van der Waals surface area contributed by atoms with Gasteiger partial charge in [0.05, 0.1) is 0 Å². The summed E-state index contributed by atoms with van der Waals surface area (Å²) < 4.78 is 5.43. The molecule has 0 atom stereocenters. The third kappa shape index (κ3) is 1.83. The molecule has 0 aromatic heterocycles. The fourth-order valence-electron chi connectivity index (χ4n) is 2.12. The molecule has 3 aromatic rings. The molecule has 0 bridgehead atoms. The second-order valence-electron chi connectivity index (χ2n) is 3.93. The Balaban J connectivity index is 2.35. The molecule has 0 fully saturated rings.